The normalized spacial score (nSPS) is 18.4. The van der Waals surface area contributed by atoms with Crippen LogP contribution in [0, 0.1) is 11.7 Å². The largest absolute Gasteiger partial charge is 0.484 e. The van der Waals surface area contributed by atoms with Crippen LogP contribution in [0.25, 0.3) is 16.9 Å². The van der Waals surface area contributed by atoms with Gasteiger partial charge in [0.2, 0.25) is 17.6 Å². The number of amides is 4. The lowest BCUT2D eigenvalue weighted by atomic mass is 9.83. The number of rotatable bonds is 16. The molecule has 2 aliphatic heterocycles. The number of likely N-dealkylation sites (tertiary alicyclic amines) is 1. The molecule has 0 bridgehead atoms. The highest BCUT2D eigenvalue weighted by atomic mass is 32.1. The van der Waals surface area contributed by atoms with Crippen molar-refractivity contribution in [3.63, 3.8) is 0 Å². The summed E-state index contributed by atoms with van der Waals surface area (Å²) in [6, 6.07) is 9.57. The molecule has 3 atom stereocenters. The van der Waals surface area contributed by atoms with Crippen LogP contribution in [0.1, 0.15) is 114 Å². The Morgan fingerprint density at radius 3 is 2.45 bits per heavy atom. The molecule has 4 N–H and O–H groups in total. The molecule has 10 rings (SSSR count). The Kier molecular flexibility index (Phi) is 13.9. The van der Waals surface area contributed by atoms with Gasteiger partial charge in [0, 0.05) is 73.1 Å². The Hall–Kier alpha value is -7.06. The molecule has 6 heterocycles. The molecule has 4 fully saturated rings. The van der Waals surface area contributed by atoms with Gasteiger partial charge >= 0.3 is 0 Å². The fraction of sp³-hybridized carbons (Fsp3) is 0.431. The molecular weight excluding hydrogens is 928 g/mol. The quantitative estimate of drug-likeness (QED) is 0.0791. The molecule has 0 radical (unpaired) electrons. The third-order valence-electron chi connectivity index (χ3n) is 14.2. The number of anilines is 2. The van der Waals surface area contributed by atoms with E-state index < -0.39 is 17.9 Å². The number of hydrogen-bond acceptors (Lipinski definition) is 13. The molecule has 71 heavy (non-hydrogen) atoms. The summed E-state index contributed by atoms with van der Waals surface area (Å²) in [5.41, 5.74) is 4.02. The zero-order valence-electron chi connectivity index (χ0n) is 39.7. The number of fused-ring (bicyclic) bond motifs is 1. The highest BCUT2D eigenvalue weighted by Crippen LogP contribution is 2.41. The number of aromatic nitrogens is 6. The SMILES string of the molecule is CN[C@@H](C)C(=O)NC(C(=O)N1CCC[C@H]1c1nc(C(=O)c2cccc(OCC(=O)N3CCN(C(=O)c4ccc(Nc5nc(C6CC6)cn6c(-c7cn[nH]c7)cnc56)c(F)c4)CC3)c2)cs1)C1CCCCC1. The van der Waals surface area contributed by atoms with Gasteiger partial charge in [0.15, 0.2) is 18.1 Å². The van der Waals surface area contributed by atoms with Gasteiger partial charge in [0.1, 0.15) is 28.3 Å². The number of hydrogen-bond donors (Lipinski definition) is 4. The summed E-state index contributed by atoms with van der Waals surface area (Å²) in [4.78, 5) is 87.1. The molecule has 4 amide bonds. The van der Waals surface area contributed by atoms with Gasteiger partial charge in [-0.3, -0.25) is 33.5 Å². The van der Waals surface area contributed by atoms with Gasteiger partial charge < -0.3 is 35.4 Å². The van der Waals surface area contributed by atoms with Crippen molar-refractivity contribution in [2.75, 3.05) is 51.7 Å². The van der Waals surface area contributed by atoms with E-state index in [1.165, 1.54) is 23.5 Å². The second-order valence-corrected chi connectivity index (χ2v) is 19.8. The zero-order valence-corrected chi connectivity index (χ0v) is 40.6. The Labute approximate surface area is 413 Å². The van der Waals surface area contributed by atoms with Crippen molar-refractivity contribution in [2.45, 2.75) is 88.8 Å². The van der Waals surface area contributed by atoms with Crippen LogP contribution in [0.3, 0.4) is 0 Å². The summed E-state index contributed by atoms with van der Waals surface area (Å²) in [6.07, 6.45) is 15.7. The molecule has 0 spiro atoms. The van der Waals surface area contributed by atoms with Gasteiger partial charge in [-0.2, -0.15) is 5.10 Å². The van der Waals surface area contributed by atoms with Crippen LogP contribution >= 0.6 is 11.3 Å². The van der Waals surface area contributed by atoms with Crippen molar-refractivity contribution in [1.82, 2.24) is 54.9 Å². The van der Waals surface area contributed by atoms with Crippen LogP contribution in [0.5, 0.6) is 5.75 Å². The van der Waals surface area contributed by atoms with Crippen molar-refractivity contribution in [3.05, 3.63) is 106 Å². The summed E-state index contributed by atoms with van der Waals surface area (Å²) in [5, 5.41) is 18.4. The van der Waals surface area contributed by atoms with Crippen molar-refractivity contribution in [1.29, 1.82) is 0 Å². The monoisotopic (exact) mass is 984 g/mol. The number of ketones is 1. The predicted octanol–water partition coefficient (Wildman–Crippen LogP) is 6.27. The first-order valence-corrected chi connectivity index (χ1v) is 25.4. The number of aromatic amines is 1. The van der Waals surface area contributed by atoms with Gasteiger partial charge in [0.05, 0.1) is 41.6 Å². The number of halogens is 1. The Bertz CT molecular complexity index is 2940. The van der Waals surface area contributed by atoms with Gasteiger partial charge in [0.25, 0.3) is 11.8 Å². The van der Waals surface area contributed by atoms with E-state index in [9.17, 15) is 24.0 Å². The third kappa shape index (κ3) is 10.3. The fourth-order valence-electron chi connectivity index (χ4n) is 9.87. The van der Waals surface area contributed by atoms with E-state index >= 15 is 4.39 Å². The number of thiazole rings is 1. The number of H-pyrrole nitrogens is 1. The molecular formula is C51H57FN12O6S. The number of imidazole rings is 1. The van der Waals surface area contributed by atoms with Crippen LogP contribution in [0.15, 0.2) is 72.6 Å². The minimum absolute atomic E-state index is 0.0664. The fourth-order valence-corrected chi connectivity index (χ4v) is 10.8. The molecule has 18 nitrogen and oxygen atoms in total. The smallest absolute Gasteiger partial charge is 0.260 e. The lowest BCUT2D eigenvalue weighted by molar-refractivity contribution is -0.139. The average molecular weight is 985 g/mol. The molecule has 20 heteroatoms. The first-order valence-electron chi connectivity index (χ1n) is 24.5. The van der Waals surface area contributed by atoms with Crippen LogP contribution in [0.2, 0.25) is 0 Å². The van der Waals surface area contributed by atoms with E-state index in [-0.39, 0.29) is 91.1 Å². The molecule has 4 aromatic heterocycles. The van der Waals surface area contributed by atoms with Crippen LogP contribution in [0.4, 0.5) is 15.9 Å². The molecule has 2 aliphatic carbocycles. The Morgan fingerprint density at radius 2 is 1.70 bits per heavy atom. The van der Waals surface area contributed by atoms with Crippen molar-refractivity contribution >= 4 is 57.9 Å². The molecule has 6 aromatic rings. The number of nitrogens with zero attached hydrogens (tertiary/aromatic N) is 8. The number of carbonyl (C=O) groups excluding carboxylic acids is 5. The number of carbonyl (C=O) groups is 5. The number of benzene rings is 2. The lowest BCUT2D eigenvalue weighted by Crippen LogP contribution is -2.55. The minimum atomic E-state index is -0.617. The van der Waals surface area contributed by atoms with Crippen molar-refractivity contribution < 1.29 is 33.1 Å². The number of likely N-dealkylation sites (N-methyl/N-ethyl adjacent to an activating group) is 1. The molecule has 370 valence electrons. The highest BCUT2D eigenvalue weighted by Gasteiger charge is 2.40. The number of ether oxygens (including phenoxy) is 1. The van der Waals surface area contributed by atoms with Crippen LogP contribution < -0.4 is 20.7 Å². The summed E-state index contributed by atoms with van der Waals surface area (Å²) in [7, 11) is 1.72. The predicted molar refractivity (Wildman–Crippen MR) is 263 cm³/mol. The molecule has 1 unspecified atom stereocenters. The highest BCUT2D eigenvalue weighted by molar-refractivity contribution is 7.10. The lowest BCUT2D eigenvalue weighted by Gasteiger charge is -2.35. The summed E-state index contributed by atoms with van der Waals surface area (Å²) < 4.78 is 23.5. The second kappa shape index (κ2) is 20.7. The van der Waals surface area contributed by atoms with E-state index in [1.54, 1.807) is 78.1 Å². The van der Waals surface area contributed by atoms with Crippen molar-refractivity contribution in [2.24, 2.45) is 5.92 Å². The third-order valence-corrected chi connectivity index (χ3v) is 15.2. The molecule has 2 aromatic carbocycles. The molecule has 4 aliphatic rings. The van der Waals surface area contributed by atoms with E-state index in [4.69, 9.17) is 14.7 Å². The van der Waals surface area contributed by atoms with E-state index in [0.29, 0.717) is 46.7 Å². The van der Waals surface area contributed by atoms with Gasteiger partial charge in [-0.1, -0.05) is 31.4 Å². The zero-order chi connectivity index (χ0) is 49.2. The van der Waals surface area contributed by atoms with Gasteiger partial charge in [-0.25, -0.2) is 19.3 Å². The average Bonchev–Trinajstić information content (AvgIpc) is 3.84. The Balaban J connectivity index is 0.722. The first-order chi connectivity index (χ1) is 34.5. The molecule has 2 saturated heterocycles. The van der Waals surface area contributed by atoms with Gasteiger partial charge in [-0.15, -0.1) is 11.3 Å². The minimum Gasteiger partial charge on any atom is -0.484 e. The summed E-state index contributed by atoms with van der Waals surface area (Å²) >= 11 is 1.34. The van der Waals surface area contributed by atoms with Crippen LogP contribution in [-0.4, -0.2) is 132 Å². The topological polar surface area (TPSA) is 212 Å². The summed E-state index contributed by atoms with van der Waals surface area (Å²) in [5.74, 6) is -0.718. The van der Waals surface area contributed by atoms with Crippen molar-refractivity contribution in [3.8, 4) is 17.0 Å². The maximum absolute atomic E-state index is 15.7. The molecule has 2 saturated carbocycles. The number of piperazine rings is 1. The maximum Gasteiger partial charge on any atom is 0.260 e. The standard InChI is InChI=1S/C51H57FN12O6S/c1-30(53-2)48(67)60-44(32-8-4-3-5-9-32)51(69)63-17-7-12-41(63)49-59-40(29-71-49)45(66)33-10-6-11-36(22-33)70-28-43(65)61-18-20-62(21-19-61)50(68)34-15-16-38(37(52)23-34)57-46-47-54-26-42(35-24-55-56-25-35)64(47)27-39(58-46)31-13-14-31/h6,10-11,15-16,22-27,29-32,41,44,53H,3-5,7-9,12-14,17-21,28H2,1-2H3,(H,55,56)(H,57,58)(H,60,67)/t30-,41-,44?/m0/s1. The van der Waals surface area contributed by atoms with E-state index in [0.717, 1.165) is 68.3 Å². The van der Waals surface area contributed by atoms with E-state index in [2.05, 4.69) is 31.1 Å². The van der Waals surface area contributed by atoms with Crippen LogP contribution in [-0.2, 0) is 14.4 Å². The summed E-state index contributed by atoms with van der Waals surface area (Å²) in [6.45, 7) is 3.08. The maximum atomic E-state index is 15.7. The Morgan fingerprint density at radius 1 is 0.901 bits per heavy atom. The van der Waals surface area contributed by atoms with E-state index in [1.807, 2.05) is 15.5 Å². The number of nitrogens with one attached hydrogen (secondary N) is 4. The first kappa shape index (κ1) is 47.6. The second-order valence-electron chi connectivity index (χ2n) is 18.9. The van der Waals surface area contributed by atoms with Gasteiger partial charge in [-0.05, 0) is 88.7 Å².